The molecule has 0 amide bonds. The summed E-state index contributed by atoms with van der Waals surface area (Å²) in [5.74, 6) is 0.772. The smallest absolute Gasteiger partial charge is 0.175 e. The Kier molecular flexibility index (Phi) is 4.48. The molecule has 4 nitrogen and oxygen atoms in total. The Labute approximate surface area is 116 Å². The predicted molar refractivity (Wildman–Crippen MR) is 75.2 cm³/mol. The lowest BCUT2D eigenvalue weighted by molar-refractivity contribution is 0.229. The van der Waals surface area contributed by atoms with E-state index in [1.165, 1.54) is 0 Å². The van der Waals surface area contributed by atoms with Crippen LogP contribution in [-0.2, 0) is 6.54 Å². The average molecular weight is 315 g/mol. The van der Waals surface area contributed by atoms with Crippen LogP contribution < -0.4 is 10.1 Å². The summed E-state index contributed by atoms with van der Waals surface area (Å²) < 4.78 is 6.03. The van der Waals surface area contributed by atoms with Crippen molar-refractivity contribution in [1.29, 1.82) is 0 Å². The van der Waals surface area contributed by atoms with Crippen molar-refractivity contribution >= 4 is 15.9 Å². The molecule has 2 rings (SSSR count). The van der Waals surface area contributed by atoms with E-state index in [2.05, 4.69) is 26.1 Å². The predicted octanol–water partition coefficient (Wildman–Crippen LogP) is 1.88. The van der Waals surface area contributed by atoms with Crippen LogP contribution in [0.25, 0.3) is 0 Å². The van der Waals surface area contributed by atoms with Crippen molar-refractivity contribution in [2.24, 2.45) is 0 Å². The maximum Gasteiger partial charge on any atom is 0.175 e. The molecule has 18 heavy (non-hydrogen) atoms. The molecule has 0 atom stereocenters. The molecule has 1 fully saturated rings. The fourth-order valence-electron chi connectivity index (χ4n) is 2.27. The lowest BCUT2D eigenvalue weighted by Gasteiger charge is -2.28. The number of aryl methyl sites for hydroxylation is 1. The first kappa shape index (κ1) is 13.6. The number of nitrogens with one attached hydrogen (secondary N) is 1. The van der Waals surface area contributed by atoms with Crippen molar-refractivity contribution in [2.45, 2.75) is 13.5 Å². The first-order chi connectivity index (χ1) is 8.63. The highest BCUT2D eigenvalue weighted by molar-refractivity contribution is 9.10. The van der Waals surface area contributed by atoms with E-state index in [0.717, 1.165) is 48.3 Å². The minimum absolute atomic E-state index is 0.253. The zero-order chi connectivity index (χ0) is 13.1. The van der Waals surface area contributed by atoms with E-state index in [4.69, 9.17) is 4.74 Å². The normalized spacial score (nSPS) is 16.8. The summed E-state index contributed by atoms with van der Waals surface area (Å²) >= 11 is 3.41. The molecule has 0 aromatic heterocycles. The Morgan fingerprint density at radius 2 is 2.11 bits per heavy atom. The molecule has 5 heteroatoms. The van der Waals surface area contributed by atoms with Gasteiger partial charge in [-0.05, 0) is 34.5 Å². The van der Waals surface area contributed by atoms with Gasteiger partial charge in [0.05, 0.1) is 11.6 Å². The minimum Gasteiger partial charge on any atom is -0.504 e. The van der Waals surface area contributed by atoms with Crippen LogP contribution in [0.4, 0.5) is 0 Å². The van der Waals surface area contributed by atoms with Gasteiger partial charge in [-0.25, -0.2) is 0 Å². The number of ether oxygens (including phenoxy) is 1. The van der Waals surface area contributed by atoms with Gasteiger partial charge in [0.2, 0.25) is 0 Å². The van der Waals surface area contributed by atoms with Crippen LogP contribution >= 0.6 is 15.9 Å². The molecular formula is C13H19BrN2O2. The largest absolute Gasteiger partial charge is 0.504 e. The van der Waals surface area contributed by atoms with Gasteiger partial charge < -0.3 is 15.2 Å². The molecule has 1 aliphatic rings. The lowest BCUT2D eigenvalue weighted by Crippen LogP contribution is -2.43. The molecule has 0 spiro atoms. The number of phenols is 1. The molecule has 0 aliphatic carbocycles. The Hall–Kier alpha value is -0.780. The highest BCUT2D eigenvalue weighted by Gasteiger charge is 2.18. The standard InChI is InChI=1S/C13H19BrN2O2/c1-9-7-11(14)13(18-2)12(17)10(9)8-16-5-3-15-4-6-16/h7,15,17H,3-6,8H2,1-2H3. The van der Waals surface area contributed by atoms with E-state index in [1.807, 2.05) is 13.0 Å². The number of nitrogens with zero attached hydrogens (tertiary/aromatic N) is 1. The molecule has 1 aromatic rings. The third-order valence-corrected chi connectivity index (χ3v) is 3.92. The summed E-state index contributed by atoms with van der Waals surface area (Å²) in [5, 5.41) is 13.6. The van der Waals surface area contributed by atoms with E-state index < -0.39 is 0 Å². The number of piperazine rings is 1. The molecule has 1 aliphatic heterocycles. The van der Waals surface area contributed by atoms with Crippen LogP contribution in [0.5, 0.6) is 11.5 Å². The molecule has 1 aromatic carbocycles. The van der Waals surface area contributed by atoms with Crippen LogP contribution in [0.1, 0.15) is 11.1 Å². The number of rotatable bonds is 3. The summed E-state index contributed by atoms with van der Waals surface area (Å²) in [6, 6.07) is 2.00. The fraction of sp³-hybridized carbons (Fsp3) is 0.538. The second-order valence-electron chi connectivity index (χ2n) is 4.56. The molecule has 2 N–H and O–H groups in total. The van der Waals surface area contributed by atoms with Crippen molar-refractivity contribution in [2.75, 3.05) is 33.3 Å². The highest BCUT2D eigenvalue weighted by atomic mass is 79.9. The molecule has 100 valence electrons. The van der Waals surface area contributed by atoms with Gasteiger partial charge in [0.1, 0.15) is 0 Å². The zero-order valence-corrected chi connectivity index (χ0v) is 12.4. The summed E-state index contributed by atoms with van der Waals surface area (Å²) in [4.78, 5) is 2.34. The van der Waals surface area contributed by atoms with Crippen LogP contribution in [-0.4, -0.2) is 43.3 Å². The van der Waals surface area contributed by atoms with Crippen LogP contribution in [0.15, 0.2) is 10.5 Å². The van der Waals surface area contributed by atoms with Gasteiger partial charge in [-0.1, -0.05) is 0 Å². The van der Waals surface area contributed by atoms with Crippen molar-refractivity contribution in [1.82, 2.24) is 10.2 Å². The molecule has 0 saturated carbocycles. The molecule has 1 saturated heterocycles. The van der Waals surface area contributed by atoms with E-state index in [9.17, 15) is 5.11 Å². The first-order valence-corrected chi connectivity index (χ1v) is 6.90. The van der Waals surface area contributed by atoms with Crippen LogP contribution in [0, 0.1) is 6.92 Å². The minimum atomic E-state index is 0.253. The van der Waals surface area contributed by atoms with E-state index >= 15 is 0 Å². The van der Waals surface area contributed by atoms with Crippen LogP contribution in [0.3, 0.4) is 0 Å². The number of aromatic hydroxyl groups is 1. The topological polar surface area (TPSA) is 44.7 Å². The van der Waals surface area contributed by atoms with E-state index in [-0.39, 0.29) is 5.75 Å². The summed E-state index contributed by atoms with van der Waals surface area (Å²) in [6.45, 7) is 6.82. The molecule has 0 bridgehead atoms. The SMILES string of the molecule is COc1c(Br)cc(C)c(CN2CCNCC2)c1O. The molecule has 1 heterocycles. The zero-order valence-electron chi connectivity index (χ0n) is 10.8. The number of halogens is 1. The Morgan fingerprint density at radius 1 is 1.44 bits per heavy atom. The second-order valence-corrected chi connectivity index (χ2v) is 5.42. The van der Waals surface area contributed by atoms with Gasteiger partial charge in [-0.2, -0.15) is 0 Å². The highest BCUT2D eigenvalue weighted by Crippen LogP contribution is 2.39. The molecule has 0 radical (unpaired) electrons. The summed E-state index contributed by atoms with van der Waals surface area (Å²) in [7, 11) is 1.57. The number of methoxy groups -OCH3 is 1. The maximum absolute atomic E-state index is 10.3. The average Bonchev–Trinajstić information content (AvgIpc) is 2.36. The maximum atomic E-state index is 10.3. The third kappa shape index (κ3) is 2.79. The van der Waals surface area contributed by atoms with Gasteiger partial charge in [-0.15, -0.1) is 0 Å². The fourth-order valence-corrected chi connectivity index (χ4v) is 2.96. The number of benzene rings is 1. The van der Waals surface area contributed by atoms with E-state index in [1.54, 1.807) is 7.11 Å². The number of phenolic OH excluding ortho intramolecular Hbond substituents is 1. The van der Waals surface area contributed by atoms with Gasteiger partial charge in [-0.3, -0.25) is 4.90 Å². The van der Waals surface area contributed by atoms with Gasteiger partial charge in [0.25, 0.3) is 0 Å². The second kappa shape index (κ2) is 5.91. The number of hydrogen-bond donors (Lipinski definition) is 2. The Morgan fingerprint density at radius 3 is 2.72 bits per heavy atom. The van der Waals surface area contributed by atoms with Crippen molar-refractivity contribution in [3.05, 3.63) is 21.7 Å². The van der Waals surface area contributed by atoms with Crippen molar-refractivity contribution < 1.29 is 9.84 Å². The van der Waals surface area contributed by atoms with E-state index in [0.29, 0.717) is 5.75 Å². The summed E-state index contributed by atoms with van der Waals surface area (Å²) in [6.07, 6.45) is 0. The first-order valence-electron chi connectivity index (χ1n) is 6.11. The van der Waals surface area contributed by atoms with Crippen molar-refractivity contribution in [3.8, 4) is 11.5 Å². The molecule has 0 unspecified atom stereocenters. The van der Waals surface area contributed by atoms with Gasteiger partial charge in [0, 0.05) is 38.3 Å². The quantitative estimate of drug-likeness (QED) is 0.894. The summed E-state index contributed by atoms with van der Waals surface area (Å²) in [5.41, 5.74) is 2.04. The monoisotopic (exact) mass is 314 g/mol. The van der Waals surface area contributed by atoms with Gasteiger partial charge in [0.15, 0.2) is 11.5 Å². The van der Waals surface area contributed by atoms with Gasteiger partial charge >= 0.3 is 0 Å². The molecular weight excluding hydrogens is 296 g/mol. The Bertz CT molecular complexity index is 431. The number of hydrogen-bond acceptors (Lipinski definition) is 4. The Balaban J connectivity index is 2.26. The van der Waals surface area contributed by atoms with Crippen LogP contribution in [0.2, 0.25) is 0 Å². The van der Waals surface area contributed by atoms with Crippen molar-refractivity contribution in [3.63, 3.8) is 0 Å². The lowest BCUT2D eigenvalue weighted by atomic mass is 10.1. The third-order valence-electron chi connectivity index (χ3n) is 3.33.